The largest absolute Gasteiger partial charge is 0.325 e. The number of benzene rings is 1. The molecule has 1 aromatic rings. The molecule has 0 radical (unpaired) electrons. The number of rotatable bonds is 2. The number of para-hydroxylation sites is 1. The van der Waals surface area contributed by atoms with Crippen molar-refractivity contribution < 1.29 is 9.36 Å². The minimum atomic E-state index is -2.90. The van der Waals surface area contributed by atoms with Crippen LogP contribution < -0.4 is 10.4 Å². The molecular weight excluding hydrogens is 335 g/mol. The number of amides is 2. The lowest BCUT2D eigenvalue weighted by Crippen LogP contribution is -2.23. The van der Waals surface area contributed by atoms with E-state index in [9.17, 15) is 9.36 Å². The monoisotopic (exact) mass is 340 g/mol. The van der Waals surface area contributed by atoms with Crippen molar-refractivity contribution in [3.8, 4) is 0 Å². The van der Waals surface area contributed by atoms with Gasteiger partial charge in [-0.2, -0.15) is 0 Å². The van der Waals surface area contributed by atoms with E-state index in [4.69, 9.17) is 0 Å². The average molecular weight is 342 g/mol. The van der Waals surface area contributed by atoms with Crippen LogP contribution in [-0.4, -0.2) is 6.03 Å². The molecule has 0 heterocycles. The summed E-state index contributed by atoms with van der Waals surface area (Å²) in [4.78, 5) is 11.2. The molecule has 0 aliphatic carbocycles. The van der Waals surface area contributed by atoms with Gasteiger partial charge in [0.2, 0.25) is 0 Å². The van der Waals surface area contributed by atoms with Gasteiger partial charge in [-0.1, -0.05) is 18.2 Å². The molecule has 0 bridgehead atoms. The van der Waals surface area contributed by atoms with E-state index in [1.165, 1.54) is 0 Å². The second-order valence-electron chi connectivity index (χ2n) is 2.39. The quantitative estimate of drug-likeness (QED) is 0.806. The minimum absolute atomic E-state index is 0.534. The Kier molecular flexibility index (Phi) is 4.16. The zero-order chi connectivity index (χ0) is 10.6. The van der Waals surface area contributed by atoms with Gasteiger partial charge in [0.05, 0.1) is 0 Å². The number of hydrogen-bond acceptors (Lipinski definition) is 2. The molecule has 76 valence electrons. The van der Waals surface area contributed by atoms with E-state index in [1.54, 1.807) is 24.3 Å². The summed E-state index contributed by atoms with van der Waals surface area (Å²) >= 11 is 5.59. The summed E-state index contributed by atoms with van der Waals surface area (Å²) in [5, 5.41) is 4.72. The number of halogens is 2. The van der Waals surface area contributed by atoms with E-state index in [0.29, 0.717) is 5.69 Å². The third-order valence-electron chi connectivity index (χ3n) is 1.26. The molecule has 0 aliphatic heterocycles. The molecule has 2 N–H and O–H groups in total. The van der Waals surface area contributed by atoms with Gasteiger partial charge in [-0.3, -0.25) is 9.65 Å². The third kappa shape index (κ3) is 4.79. The third-order valence-corrected chi connectivity index (χ3v) is 2.79. The summed E-state index contributed by atoms with van der Waals surface area (Å²) in [7, 11) is 0. The molecule has 1 rings (SSSR count). The summed E-state index contributed by atoms with van der Waals surface area (Å²) in [5.74, 6) is 0. The Labute approximate surface area is 97.4 Å². The number of anilines is 1. The molecule has 0 saturated heterocycles. The van der Waals surface area contributed by atoms with Crippen LogP contribution in [-0.2, 0) is 4.57 Å². The van der Waals surface area contributed by atoms with Gasteiger partial charge in [0.1, 0.15) is 0 Å². The van der Waals surface area contributed by atoms with Gasteiger partial charge >= 0.3 is 6.03 Å². The van der Waals surface area contributed by atoms with Crippen molar-refractivity contribution in [3.63, 3.8) is 0 Å². The minimum Gasteiger partial charge on any atom is -0.308 e. The van der Waals surface area contributed by atoms with Gasteiger partial charge in [0, 0.05) is 36.7 Å². The molecule has 0 atom stereocenters. The lowest BCUT2D eigenvalue weighted by atomic mass is 10.3. The van der Waals surface area contributed by atoms with Gasteiger partial charge in [-0.05, 0) is 12.1 Å². The van der Waals surface area contributed by atoms with E-state index in [-0.39, 0.29) is 0 Å². The second kappa shape index (κ2) is 4.96. The maximum absolute atomic E-state index is 11.2. The van der Waals surface area contributed by atoms with Crippen LogP contribution in [0.2, 0.25) is 0 Å². The molecule has 0 unspecified atom stereocenters. The molecule has 14 heavy (non-hydrogen) atoms. The highest BCUT2D eigenvalue weighted by molar-refractivity contribution is 9.70. The van der Waals surface area contributed by atoms with Crippen molar-refractivity contribution in [1.29, 1.82) is 0 Å². The molecule has 4 nitrogen and oxygen atoms in total. The predicted octanol–water partition coefficient (Wildman–Crippen LogP) is 3.71. The Hall–Kier alpha value is -0.320. The summed E-state index contributed by atoms with van der Waals surface area (Å²) in [6, 6.07) is 8.34. The number of hydrogen-bond donors (Lipinski definition) is 2. The van der Waals surface area contributed by atoms with Crippen molar-refractivity contribution in [3.05, 3.63) is 30.3 Å². The first-order chi connectivity index (χ1) is 6.47. The molecule has 0 aromatic heterocycles. The zero-order valence-electron chi connectivity index (χ0n) is 6.91. The van der Waals surface area contributed by atoms with Crippen molar-refractivity contribution in [1.82, 2.24) is 5.09 Å². The van der Waals surface area contributed by atoms with Crippen LogP contribution in [0, 0.1) is 0 Å². The Bertz CT molecular complexity index is 365. The average Bonchev–Trinajstić information content (AvgIpc) is 2.02. The first-order valence-corrected chi connectivity index (χ1v) is 9.35. The standard InChI is InChI=1S/C7H7Br2N2O2P/c8-14(9,13)11-7(12)10-6-4-2-1-3-5-6/h1-5H,(H2,10,11,12,13). The van der Waals surface area contributed by atoms with E-state index in [1.807, 2.05) is 6.07 Å². The fraction of sp³-hybridized carbons (Fsp3) is 0. The van der Waals surface area contributed by atoms with Gasteiger partial charge in [0.15, 0.2) is 0 Å². The molecular formula is C7H7Br2N2O2P. The predicted molar refractivity (Wildman–Crippen MR) is 64.1 cm³/mol. The van der Waals surface area contributed by atoms with Crippen molar-refractivity contribution in [2.45, 2.75) is 0 Å². The maximum atomic E-state index is 11.2. The van der Waals surface area contributed by atoms with Crippen molar-refractivity contribution in [2.75, 3.05) is 5.32 Å². The molecule has 0 fully saturated rings. The van der Waals surface area contributed by atoms with Crippen LogP contribution >= 0.6 is 35.7 Å². The van der Waals surface area contributed by atoms with Crippen LogP contribution in [0.3, 0.4) is 0 Å². The highest BCUT2D eigenvalue weighted by Gasteiger charge is 2.15. The fourth-order valence-corrected chi connectivity index (χ4v) is 2.06. The molecule has 0 aliphatic rings. The normalized spacial score (nSPS) is 10.7. The van der Waals surface area contributed by atoms with Crippen LogP contribution in [0.15, 0.2) is 30.3 Å². The Morgan fingerprint density at radius 3 is 2.29 bits per heavy atom. The van der Waals surface area contributed by atoms with Gasteiger partial charge < -0.3 is 5.32 Å². The van der Waals surface area contributed by atoms with Crippen LogP contribution in [0.1, 0.15) is 0 Å². The van der Waals surface area contributed by atoms with E-state index < -0.39 is 10.7 Å². The van der Waals surface area contributed by atoms with Crippen molar-refractivity contribution in [2.24, 2.45) is 0 Å². The topological polar surface area (TPSA) is 58.2 Å². The number of carbonyl (C=O) groups excluding carboxylic acids is 1. The number of urea groups is 1. The Morgan fingerprint density at radius 1 is 1.21 bits per heavy atom. The smallest absolute Gasteiger partial charge is 0.308 e. The molecule has 0 spiro atoms. The summed E-state index contributed by atoms with van der Waals surface area (Å²) in [6.07, 6.45) is 0. The number of carbonyl (C=O) groups is 1. The van der Waals surface area contributed by atoms with Gasteiger partial charge in [-0.25, -0.2) is 4.79 Å². The van der Waals surface area contributed by atoms with Gasteiger partial charge in [-0.15, -0.1) is 0 Å². The van der Waals surface area contributed by atoms with E-state index >= 15 is 0 Å². The SMILES string of the molecule is O=C(Nc1ccccc1)NP(=O)(Br)Br. The van der Waals surface area contributed by atoms with Crippen molar-refractivity contribution >= 4 is 47.4 Å². The summed E-state index contributed by atoms with van der Waals surface area (Å²) < 4.78 is 8.18. The molecule has 1 aromatic carbocycles. The lowest BCUT2D eigenvalue weighted by molar-refractivity contribution is 0.257. The highest BCUT2D eigenvalue weighted by Crippen LogP contribution is 2.57. The van der Waals surface area contributed by atoms with E-state index in [2.05, 4.69) is 41.4 Å². The molecule has 2 amide bonds. The zero-order valence-corrected chi connectivity index (χ0v) is 11.0. The summed E-state index contributed by atoms with van der Waals surface area (Å²) in [6.45, 7) is 0. The summed E-state index contributed by atoms with van der Waals surface area (Å²) in [5.41, 5.74) is 0.637. The fourth-order valence-electron chi connectivity index (χ4n) is 0.799. The van der Waals surface area contributed by atoms with E-state index in [0.717, 1.165) is 0 Å². The second-order valence-corrected chi connectivity index (χ2v) is 12.4. The number of nitrogens with one attached hydrogen (secondary N) is 2. The maximum Gasteiger partial charge on any atom is 0.325 e. The Balaban J connectivity index is 2.55. The lowest BCUT2D eigenvalue weighted by Gasteiger charge is -2.07. The highest BCUT2D eigenvalue weighted by atomic mass is 79.9. The Morgan fingerprint density at radius 2 is 1.79 bits per heavy atom. The van der Waals surface area contributed by atoms with Crippen LogP contribution in [0.25, 0.3) is 0 Å². The van der Waals surface area contributed by atoms with Crippen LogP contribution in [0.4, 0.5) is 10.5 Å². The molecule has 7 heteroatoms. The molecule has 0 saturated carbocycles. The van der Waals surface area contributed by atoms with Gasteiger partial charge in [0.25, 0.3) is 4.70 Å². The first-order valence-electron chi connectivity index (χ1n) is 3.61. The first kappa shape index (κ1) is 11.8. The van der Waals surface area contributed by atoms with Crippen LogP contribution in [0.5, 0.6) is 0 Å².